The Morgan fingerprint density at radius 3 is 2.43 bits per heavy atom. The van der Waals surface area contributed by atoms with Gasteiger partial charge in [0.05, 0.1) is 0 Å². The van der Waals surface area contributed by atoms with E-state index in [2.05, 4.69) is 36.1 Å². The predicted octanol–water partition coefficient (Wildman–Crippen LogP) is 3.27. The molecule has 1 N–H and O–H groups in total. The van der Waals surface area contributed by atoms with Crippen LogP contribution in [0.4, 0.5) is 10.1 Å². The van der Waals surface area contributed by atoms with Crippen LogP contribution in [0.1, 0.15) is 38.8 Å². The van der Waals surface area contributed by atoms with Crippen molar-refractivity contribution in [2.24, 2.45) is 0 Å². The second-order valence-corrected chi connectivity index (χ2v) is 5.74. The van der Waals surface area contributed by atoms with Crippen LogP contribution in [0, 0.1) is 5.82 Å². The maximum atomic E-state index is 14.3. The van der Waals surface area contributed by atoms with Gasteiger partial charge in [0, 0.05) is 36.9 Å². The molecule has 0 radical (unpaired) electrons. The second kappa shape index (κ2) is 9.00. The molecule has 1 unspecified atom stereocenters. The minimum absolute atomic E-state index is 0.0184. The van der Waals surface area contributed by atoms with Gasteiger partial charge in [-0.3, -0.25) is 0 Å². The molecule has 0 spiro atoms. The average Bonchev–Trinajstić information content (AvgIpc) is 2.43. The molecule has 1 aromatic carbocycles. The molecule has 0 aliphatic carbocycles. The van der Waals surface area contributed by atoms with Crippen molar-refractivity contribution in [3.8, 4) is 0 Å². The number of hydrogen-bond donors (Lipinski definition) is 1. The first kappa shape index (κ1) is 17.9. The van der Waals surface area contributed by atoms with Crippen molar-refractivity contribution in [2.45, 2.75) is 33.2 Å². The first-order valence-corrected chi connectivity index (χ1v) is 7.92. The third kappa shape index (κ3) is 5.29. The van der Waals surface area contributed by atoms with Crippen molar-refractivity contribution < 1.29 is 4.39 Å². The highest BCUT2D eigenvalue weighted by Crippen LogP contribution is 2.29. The molecule has 4 heteroatoms. The lowest BCUT2D eigenvalue weighted by molar-refractivity contribution is 0.412. The first-order chi connectivity index (χ1) is 10.0. The number of halogens is 1. The van der Waals surface area contributed by atoms with E-state index in [0.29, 0.717) is 0 Å². The van der Waals surface area contributed by atoms with Gasteiger partial charge in [-0.25, -0.2) is 4.39 Å². The van der Waals surface area contributed by atoms with Crippen LogP contribution in [0.15, 0.2) is 18.2 Å². The molecule has 0 bridgehead atoms. The largest absolute Gasteiger partial charge is 0.370 e. The summed E-state index contributed by atoms with van der Waals surface area (Å²) in [7, 11) is 4.13. The monoisotopic (exact) mass is 295 g/mol. The third-order valence-electron chi connectivity index (χ3n) is 3.62. The summed E-state index contributed by atoms with van der Waals surface area (Å²) in [6.45, 7) is 9.90. The van der Waals surface area contributed by atoms with Crippen LogP contribution >= 0.6 is 0 Å². The normalized spacial score (nSPS) is 12.7. The van der Waals surface area contributed by atoms with Crippen molar-refractivity contribution >= 4 is 5.69 Å². The molecule has 0 saturated carbocycles. The Morgan fingerprint density at radius 1 is 1.14 bits per heavy atom. The molecule has 3 nitrogen and oxygen atoms in total. The summed E-state index contributed by atoms with van der Waals surface area (Å²) in [6, 6.07) is 5.43. The Bertz CT molecular complexity index is 420. The van der Waals surface area contributed by atoms with Crippen molar-refractivity contribution in [1.29, 1.82) is 0 Å². The van der Waals surface area contributed by atoms with Crippen LogP contribution < -0.4 is 10.2 Å². The van der Waals surface area contributed by atoms with Gasteiger partial charge >= 0.3 is 0 Å². The SMILES string of the molecule is CCCN(CCN(C)C)c1cccc(F)c1C(C)NCC. The van der Waals surface area contributed by atoms with Crippen LogP contribution in [0.2, 0.25) is 0 Å². The van der Waals surface area contributed by atoms with E-state index in [1.54, 1.807) is 6.07 Å². The zero-order valence-corrected chi connectivity index (χ0v) is 14.1. The van der Waals surface area contributed by atoms with Gasteiger partial charge in [0.15, 0.2) is 0 Å². The molecule has 1 atom stereocenters. The zero-order chi connectivity index (χ0) is 15.8. The topological polar surface area (TPSA) is 18.5 Å². The summed E-state index contributed by atoms with van der Waals surface area (Å²) in [5.41, 5.74) is 1.80. The molecule has 1 rings (SSSR count). The molecule has 0 heterocycles. The van der Waals surface area contributed by atoms with Crippen molar-refractivity contribution in [3.05, 3.63) is 29.6 Å². The number of nitrogens with zero attached hydrogens (tertiary/aromatic N) is 2. The molecule has 0 fully saturated rings. The minimum atomic E-state index is -0.119. The summed E-state index contributed by atoms with van der Waals surface area (Å²) < 4.78 is 14.3. The maximum Gasteiger partial charge on any atom is 0.130 e. The fourth-order valence-electron chi connectivity index (χ4n) is 2.58. The third-order valence-corrected chi connectivity index (χ3v) is 3.62. The molecule has 0 saturated heterocycles. The Morgan fingerprint density at radius 2 is 1.86 bits per heavy atom. The standard InChI is InChI=1S/C17H30FN3/c1-6-11-21(13-12-20(4)5)16-10-8-9-15(18)17(16)14(3)19-7-2/h8-10,14,19H,6-7,11-13H2,1-5H3. The number of likely N-dealkylation sites (N-methyl/N-ethyl adjacent to an activating group) is 1. The van der Waals surface area contributed by atoms with Gasteiger partial charge in [0.25, 0.3) is 0 Å². The summed E-state index contributed by atoms with van der Waals surface area (Å²) >= 11 is 0. The van der Waals surface area contributed by atoms with E-state index in [1.807, 2.05) is 26.0 Å². The van der Waals surface area contributed by atoms with Gasteiger partial charge in [-0.1, -0.05) is 19.9 Å². The van der Waals surface area contributed by atoms with Gasteiger partial charge in [0.1, 0.15) is 5.82 Å². The van der Waals surface area contributed by atoms with Crippen molar-refractivity contribution in [2.75, 3.05) is 45.2 Å². The van der Waals surface area contributed by atoms with E-state index in [0.717, 1.165) is 43.9 Å². The van der Waals surface area contributed by atoms with E-state index in [9.17, 15) is 4.39 Å². The lowest BCUT2D eigenvalue weighted by atomic mass is 10.0. The van der Waals surface area contributed by atoms with Crippen LogP contribution in [0.5, 0.6) is 0 Å². The Hall–Kier alpha value is -1.13. The van der Waals surface area contributed by atoms with Gasteiger partial charge in [-0.15, -0.1) is 0 Å². The molecule has 0 amide bonds. The van der Waals surface area contributed by atoms with E-state index < -0.39 is 0 Å². The second-order valence-electron chi connectivity index (χ2n) is 5.74. The fourth-order valence-corrected chi connectivity index (χ4v) is 2.58. The number of hydrogen-bond acceptors (Lipinski definition) is 3. The number of nitrogens with one attached hydrogen (secondary N) is 1. The van der Waals surface area contributed by atoms with E-state index in [-0.39, 0.29) is 11.9 Å². The van der Waals surface area contributed by atoms with Crippen LogP contribution in [0.3, 0.4) is 0 Å². The Labute approximate surface area is 129 Å². The molecule has 120 valence electrons. The fraction of sp³-hybridized carbons (Fsp3) is 0.647. The summed E-state index contributed by atoms with van der Waals surface area (Å²) in [5.74, 6) is -0.119. The van der Waals surface area contributed by atoms with Crippen molar-refractivity contribution in [1.82, 2.24) is 10.2 Å². The number of benzene rings is 1. The Kier molecular flexibility index (Phi) is 7.68. The highest BCUT2D eigenvalue weighted by molar-refractivity contribution is 5.55. The molecule has 0 aromatic heterocycles. The first-order valence-electron chi connectivity index (χ1n) is 7.92. The van der Waals surface area contributed by atoms with E-state index in [1.165, 1.54) is 0 Å². The quantitative estimate of drug-likeness (QED) is 0.754. The molecule has 1 aromatic rings. The van der Waals surface area contributed by atoms with Crippen molar-refractivity contribution in [3.63, 3.8) is 0 Å². The van der Waals surface area contributed by atoms with Gasteiger partial charge < -0.3 is 15.1 Å². The predicted molar refractivity (Wildman–Crippen MR) is 89.5 cm³/mol. The highest BCUT2D eigenvalue weighted by Gasteiger charge is 2.18. The molecule has 21 heavy (non-hydrogen) atoms. The summed E-state index contributed by atoms with van der Waals surface area (Å²) in [5, 5.41) is 3.33. The molecule has 0 aliphatic heterocycles. The lowest BCUT2D eigenvalue weighted by Crippen LogP contribution is -2.34. The average molecular weight is 295 g/mol. The van der Waals surface area contributed by atoms with Crippen LogP contribution in [-0.2, 0) is 0 Å². The van der Waals surface area contributed by atoms with Gasteiger partial charge in [-0.2, -0.15) is 0 Å². The molecule has 0 aliphatic rings. The summed E-state index contributed by atoms with van der Waals surface area (Å²) in [4.78, 5) is 4.46. The maximum absolute atomic E-state index is 14.3. The van der Waals surface area contributed by atoms with E-state index >= 15 is 0 Å². The zero-order valence-electron chi connectivity index (χ0n) is 14.1. The summed E-state index contributed by atoms with van der Waals surface area (Å²) in [6.07, 6.45) is 1.05. The van der Waals surface area contributed by atoms with Crippen LogP contribution in [0.25, 0.3) is 0 Å². The number of anilines is 1. The Balaban J connectivity index is 3.08. The lowest BCUT2D eigenvalue weighted by Gasteiger charge is -2.30. The van der Waals surface area contributed by atoms with E-state index in [4.69, 9.17) is 0 Å². The smallest absolute Gasteiger partial charge is 0.130 e. The van der Waals surface area contributed by atoms with Gasteiger partial charge in [0.2, 0.25) is 0 Å². The van der Waals surface area contributed by atoms with Gasteiger partial charge in [-0.05, 0) is 46.1 Å². The molecular formula is C17H30FN3. The number of rotatable bonds is 9. The highest BCUT2D eigenvalue weighted by atomic mass is 19.1. The minimum Gasteiger partial charge on any atom is -0.370 e. The van der Waals surface area contributed by atoms with Crippen LogP contribution in [-0.4, -0.2) is 45.2 Å². The molecular weight excluding hydrogens is 265 g/mol.